The summed E-state index contributed by atoms with van der Waals surface area (Å²) in [6.07, 6.45) is 4.55. The van der Waals surface area contributed by atoms with E-state index >= 15 is 0 Å². The molecule has 0 aliphatic carbocycles. The Kier molecular flexibility index (Phi) is 4.84. The van der Waals surface area contributed by atoms with Crippen LogP contribution in [-0.4, -0.2) is 34.1 Å². The number of carboxylic acid groups (broad SMARTS) is 1. The van der Waals surface area contributed by atoms with Gasteiger partial charge in [0.15, 0.2) is 0 Å². The molecule has 0 spiro atoms. The molecule has 1 unspecified atom stereocenters. The van der Waals surface area contributed by atoms with E-state index in [1.54, 1.807) is 0 Å². The maximum absolute atomic E-state index is 11.2. The van der Waals surface area contributed by atoms with Crippen molar-refractivity contribution >= 4 is 34.3 Å². The molecular formula is C15H18N2O2S. The summed E-state index contributed by atoms with van der Waals surface area (Å²) < 4.78 is 0. The lowest BCUT2D eigenvalue weighted by Crippen LogP contribution is -2.17. The molecule has 0 bridgehead atoms. The smallest absolute Gasteiger partial charge is 0.337 e. The second-order valence-electron chi connectivity index (χ2n) is 4.70. The minimum atomic E-state index is -0.948. The number of carbonyl (C=O) groups is 1. The van der Waals surface area contributed by atoms with Crippen molar-refractivity contribution < 1.29 is 9.90 Å². The molecule has 1 atom stereocenters. The van der Waals surface area contributed by atoms with Crippen LogP contribution < -0.4 is 5.32 Å². The van der Waals surface area contributed by atoms with Crippen LogP contribution in [0.2, 0.25) is 0 Å². The van der Waals surface area contributed by atoms with Crippen LogP contribution in [0.15, 0.2) is 30.5 Å². The van der Waals surface area contributed by atoms with Gasteiger partial charge in [-0.15, -0.1) is 0 Å². The zero-order valence-corrected chi connectivity index (χ0v) is 12.4. The normalized spacial score (nSPS) is 12.3. The van der Waals surface area contributed by atoms with E-state index in [2.05, 4.69) is 23.5 Å². The average Bonchev–Trinajstić information content (AvgIpc) is 2.45. The second kappa shape index (κ2) is 6.61. The largest absolute Gasteiger partial charge is 0.478 e. The van der Waals surface area contributed by atoms with Gasteiger partial charge in [0.2, 0.25) is 0 Å². The molecule has 2 N–H and O–H groups in total. The summed E-state index contributed by atoms with van der Waals surface area (Å²) in [6, 6.07) is 7.76. The third-order valence-corrected chi connectivity index (χ3v) is 3.81. The molecule has 0 aliphatic heterocycles. The number of hydrogen-bond acceptors (Lipinski definition) is 4. The summed E-state index contributed by atoms with van der Waals surface area (Å²) in [5, 5.41) is 14.1. The van der Waals surface area contributed by atoms with E-state index in [1.807, 2.05) is 36.0 Å². The Balaban J connectivity index is 2.35. The predicted molar refractivity (Wildman–Crippen MR) is 84.8 cm³/mol. The van der Waals surface area contributed by atoms with Gasteiger partial charge in [-0.3, -0.25) is 0 Å². The lowest BCUT2D eigenvalue weighted by Gasteiger charge is -2.16. The molecule has 20 heavy (non-hydrogen) atoms. The second-order valence-corrected chi connectivity index (χ2v) is 5.68. The molecule has 0 saturated carbocycles. The van der Waals surface area contributed by atoms with Gasteiger partial charge < -0.3 is 10.4 Å². The van der Waals surface area contributed by atoms with Gasteiger partial charge in [0.1, 0.15) is 5.82 Å². The summed E-state index contributed by atoms with van der Waals surface area (Å²) in [7, 11) is 0. The van der Waals surface area contributed by atoms with Crippen molar-refractivity contribution in [1.82, 2.24) is 4.98 Å². The van der Waals surface area contributed by atoms with Crippen molar-refractivity contribution in [3.63, 3.8) is 0 Å². The van der Waals surface area contributed by atoms with E-state index in [0.29, 0.717) is 6.04 Å². The Morgan fingerprint density at radius 3 is 2.75 bits per heavy atom. The van der Waals surface area contributed by atoms with E-state index in [4.69, 9.17) is 0 Å². The Morgan fingerprint density at radius 2 is 2.10 bits per heavy atom. The topological polar surface area (TPSA) is 62.2 Å². The van der Waals surface area contributed by atoms with Crippen LogP contribution in [0.3, 0.4) is 0 Å². The number of thioether (sulfide) groups is 1. The molecule has 0 aliphatic rings. The average molecular weight is 290 g/mol. The van der Waals surface area contributed by atoms with Gasteiger partial charge in [-0.1, -0.05) is 24.3 Å². The van der Waals surface area contributed by atoms with Crippen LogP contribution in [0.1, 0.15) is 23.7 Å². The fourth-order valence-corrected chi connectivity index (χ4v) is 2.67. The SMILES string of the molecule is CSCCC(C)Nc1ncc(C(=O)O)c2ccccc12. The van der Waals surface area contributed by atoms with Gasteiger partial charge in [-0.2, -0.15) is 11.8 Å². The van der Waals surface area contributed by atoms with E-state index in [-0.39, 0.29) is 5.56 Å². The van der Waals surface area contributed by atoms with Gasteiger partial charge >= 0.3 is 5.97 Å². The van der Waals surface area contributed by atoms with E-state index in [9.17, 15) is 9.90 Å². The summed E-state index contributed by atoms with van der Waals surface area (Å²) in [5.41, 5.74) is 0.239. The van der Waals surface area contributed by atoms with Crippen LogP contribution >= 0.6 is 11.8 Å². The molecule has 2 aromatic rings. The molecule has 0 fully saturated rings. The maximum atomic E-state index is 11.2. The van der Waals surface area contributed by atoms with Gasteiger partial charge in [-0.25, -0.2) is 9.78 Å². The first-order chi connectivity index (χ1) is 9.63. The van der Waals surface area contributed by atoms with Gasteiger partial charge in [0.25, 0.3) is 0 Å². The Labute approximate surface area is 122 Å². The number of pyridine rings is 1. The molecule has 106 valence electrons. The number of aromatic carboxylic acids is 1. The van der Waals surface area contributed by atoms with E-state index in [1.165, 1.54) is 6.20 Å². The lowest BCUT2D eigenvalue weighted by atomic mass is 10.1. The summed E-state index contributed by atoms with van der Waals surface area (Å²) in [5.74, 6) is 0.883. The van der Waals surface area contributed by atoms with Crippen LogP contribution in [0.25, 0.3) is 10.8 Å². The zero-order chi connectivity index (χ0) is 14.5. The molecule has 4 nitrogen and oxygen atoms in total. The van der Waals surface area contributed by atoms with Crippen molar-refractivity contribution in [3.8, 4) is 0 Å². The molecule has 1 aromatic carbocycles. The number of fused-ring (bicyclic) bond motifs is 1. The van der Waals surface area contributed by atoms with Crippen molar-refractivity contribution in [3.05, 3.63) is 36.0 Å². The molecular weight excluding hydrogens is 272 g/mol. The monoisotopic (exact) mass is 290 g/mol. The maximum Gasteiger partial charge on any atom is 0.337 e. The first-order valence-electron chi connectivity index (χ1n) is 6.50. The van der Waals surface area contributed by atoms with Crippen molar-refractivity contribution in [1.29, 1.82) is 0 Å². The van der Waals surface area contributed by atoms with Gasteiger partial charge in [0, 0.05) is 23.0 Å². The van der Waals surface area contributed by atoms with E-state index < -0.39 is 5.97 Å². The zero-order valence-electron chi connectivity index (χ0n) is 11.6. The molecule has 0 saturated heterocycles. The molecule has 1 heterocycles. The van der Waals surface area contributed by atoms with Crippen molar-refractivity contribution in [2.45, 2.75) is 19.4 Å². The third-order valence-electron chi connectivity index (χ3n) is 3.16. The molecule has 5 heteroatoms. The summed E-state index contributed by atoms with van der Waals surface area (Å²) in [6.45, 7) is 2.11. The Morgan fingerprint density at radius 1 is 1.40 bits per heavy atom. The standard InChI is InChI=1S/C15H18N2O2S/c1-10(7-8-20-2)17-14-12-6-4-3-5-11(12)13(9-16-14)15(18)19/h3-6,9-10H,7-8H2,1-2H3,(H,16,17)(H,18,19). The van der Waals surface area contributed by atoms with Gasteiger partial charge in [-0.05, 0) is 25.4 Å². The fourth-order valence-electron chi connectivity index (χ4n) is 2.08. The number of nitrogens with one attached hydrogen (secondary N) is 1. The fraction of sp³-hybridized carbons (Fsp3) is 0.333. The lowest BCUT2D eigenvalue weighted by molar-refractivity contribution is 0.0698. The highest BCUT2D eigenvalue weighted by atomic mass is 32.2. The molecule has 0 amide bonds. The van der Waals surface area contributed by atoms with Crippen molar-refractivity contribution in [2.24, 2.45) is 0 Å². The minimum absolute atomic E-state index is 0.239. The quantitative estimate of drug-likeness (QED) is 0.852. The number of nitrogens with zero attached hydrogens (tertiary/aromatic N) is 1. The van der Waals surface area contributed by atoms with Crippen LogP contribution in [0, 0.1) is 0 Å². The predicted octanol–water partition coefficient (Wildman–Crippen LogP) is 3.49. The van der Waals surface area contributed by atoms with E-state index in [0.717, 1.165) is 28.8 Å². The Hall–Kier alpha value is -1.75. The number of aromatic nitrogens is 1. The molecule has 1 aromatic heterocycles. The number of anilines is 1. The van der Waals surface area contributed by atoms with Crippen LogP contribution in [0.5, 0.6) is 0 Å². The first-order valence-corrected chi connectivity index (χ1v) is 7.89. The Bertz CT molecular complexity index is 616. The summed E-state index contributed by atoms with van der Waals surface area (Å²) >= 11 is 1.81. The van der Waals surface area contributed by atoms with Crippen molar-refractivity contribution in [2.75, 3.05) is 17.3 Å². The molecule has 2 rings (SSSR count). The van der Waals surface area contributed by atoms with Crippen LogP contribution in [-0.2, 0) is 0 Å². The number of rotatable bonds is 6. The number of benzene rings is 1. The van der Waals surface area contributed by atoms with Crippen LogP contribution in [0.4, 0.5) is 5.82 Å². The minimum Gasteiger partial charge on any atom is -0.478 e. The highest BCUT2D eigenvalue weighted by Gasteiger charge is 2.13. The van der Waals surface area contributed by atoms with Gasteiger partial charge in [0.05, 0.1) is 5.56 Å². The highest BCUT2D eigenvalue weighted by Crippen LogP contribution is 2.25. The summed E-state index contributed by atoms with van der Waals surface area (Å²) in [4.78, 5) is 15.5. The molecule has 0 radical (unpaired) electrons. The number of carboxylic acids is 1. The third kappa shape index (κ3) is 3.22. The highest BCUT2D eigenvalue weighted by molar-refractivity contribution is 7.98. The number of hydrogen-bond donors (Lipinski definition) is 2. The first kappa shape index (κ1) is 14.7.